The van der Waals surface area contributed by atoms with Gasteiger partial charge >= 0.3 is 0 Å². The SMILES string of the molecule is C[Si](C)(C)CCOCn1nccc1-c1ccc(Oc2ccc3nc(OC4CCC(=O)NC4)ccc3c2)cc1. The van der Waals surface area contributed by atoms with Crippen LogP contribution in [0.4, 0.5) is 0 Å². The van der Waals surface area contributed by atoms with E-state index in [9.17, 15) is 4.79 Å². The number of ether oxygens (including phenoxy) is 3. The van der Waals surface area contributed by atoms with E-state index >= 15 is 0 Å². The minimum atomic E-state index is -1.11. The molecule has 4 aromatic rings. The molecule has 38 heavy (non-hydrogen) atoms. The minimum Gasteiger partial charge on any atom is -0.472 e. The van der Waals surface area contributed by atoms with Gasteiger partial charge in [-0.05, 0) is 67.1 Å². The lowest BCUT2D eigenvalue weighted by atomic mass is 10.1. The Balaban J connectivity index is 1.20. The maximum atomic E-state index is 11.4. The number of hydrogen-bond acceptors (Lipinski definition) is 6. The third kappa shape index (κ3) is 6.79. The Morgan fingerprint density at radius 2 is 1.84 bits per heavy atom. The fraction of sp³-hybridized carbons (Fsp3) is 0.345. The van der Waals surface area contributed by atoms with Crippen LogP contribution in [0, 0.1) is 0 Å². The van der Waals surface area contributed by atoms with Crippen molar-refractivity contribution in [2.75, 3.05) is 13.2 Å². The predicted molar refractivity (Wildman–Crippen MR) is 150 cm³/mol. The third-order valence-electron chi connectivity index (χ3n) is 6.46. The van der Waals surface area contributed by atoms with Crippen molar-refractivity contribution in [2.45, 2.75) is 51.4 Å². The van der Waals surface area contributed by atoms with E-state index in [1.165, 1.54) is 0 Å². The summed E-state index contributed by atoms with van der Waals surface area (Å²) in [6.07, 6.45) is 2.93. The third-order valence-corrected chi connectivity index (χ3v) is 8.16. The Kier molecular flexibility index (Phi) is 7.76. The molecule has 0 aliphatic carbocycles. The minimum absolute atomic E-state index is 0.0515. The van der Waals surface area contributed by atoms with Crippen LogP contribution in [0.5, 0.6) is 17.4 Å². The Bertz CT molecular complexity index is 1390. The van der Waals surface area contributed by atoms with Crippen molar-refractivity contribution in [3.8, 4) is 28.6 Å². The molecular formula is C29H34N4O4Si. The van der Waals surface area contributed by atoms with Crippen LogP contribution in [0.2, 0.25) is 25.7 Å². The largest absolute Gasteiger partial charge is 0.472 e. The molecule has 5 rings (SSSR count). The van der Waals surface area contributed by atoms with Crippen LogP contribution >= 0.6 is 0 Å². The average molecular weight is 531 g/mol. The molecule has 8 nitrogen and oxygen atoms in total. The molecule has 198 valence electrons. The number of nitrogens with zero attached hydrogens (tertiary/aromatic N) is 3. The first kappa shape index (κ1) is 25.9. The van der Waals surface area contributed by atoms with Gasteiger partial charge in [0.05, 0.1) is 17.8 Å². The van der Waals surface area contributed by atoms with E-state index in [0.29, 0.717) is 32.0 Å². The number of carbonyl (C=O) groups excluding carboxylic acids is 1. The molecule has 1 aliphatic heterocycles. The Hall–Kier alpha value is -3.69. The van der Waals surface area contributed by atoms with Crippen LogP contribution in [-0.4, -0.2) is 48.0 Å². The normalized spacial score (nSPS) is 15.9. The summed E-state index contributed by atoms with van der Waals surface area (Å²) >= 11 is 0. The predicted octanol–water partition coefficient (Wildman–Crippen LogP) is 5.86. The highest BCUT2D eigenvalue weighted by atomic mass is 28.3. The molecule has 1 amide bonds. The molecule has 1 aliphatic rings. The molecule has 0 bridgehead atoms. The number of nitrogens with one attached hydrogen (secondary N) is 1. The number of carbonyl (C=O) groups is 1. The summed E-state index contributed by atoms with van der Waals surface area (Å²) < 4.78 is 19.9. The van der Waals surface area contributed by atoms with E-state index in [2.05, 4.69) is 35.0 Å². The number of fused-ring (bicyclic) bond motifs is 1. The summed E-state index contributed by atoms with van der Waals surface area (Å²) in [4.78, 5) is 16.0. The lowest BCUT2D eigenvalue weighted by Crippen LogP contribution is -2.40. The molecule has 1 unspecified atom stereocenters. The number of amides is 1. The van der Waals surface area contributed by atoms with Crippen LogP contribution < -0.4 is 14.8 Å². The molecule has 1 N–H and O–H groups in total. The molecule has 1 atom stereocenters. The topological polar surface area (TPSA) is 87.5 Å². The number of rotatable bonds is 10. The second-order valence-electron chi connectivity index (χ2n) is 10.8. The number of hydrogen-bond donors (Lipinski definition) is 1. The van der Waals surface area contributed by atoms with Gasteiger partial charge in [-0.25, -0.2) is 9.67 Å². The fourth-order valence-corrected chi connectivity index (χ4v) is 4.99. The van der Waals surface area contributed by atoms with E-state index in [4.69, 9.17) is 14.2 Å². The van der Waals surface area contributed by atoms with Gasteiger partial charge in [-0.2, -0.15) is 5.10 Å². The highest BCUT2D eigenvalue weighted by molar-refractivity contribution is 6.76. The highest BCUT2D eigenvalue weighted by Gasteiger charge is 2.20. The molecular weight excluding hydrogens is 496 g/mol. The van der Waals surface area contributed by atoms with Crippen molar-refractivity contribution < 1.29 is 19.0 Å². The van der Waals surface area contributed by atoms with Gasteiger partial charge in [0, 0.05) is 44.3 Å². The van der Waals surface area contributed by atoms with Gasteiger partial charge in [-0.3, -0.25) is 4.79 Å². The van der Waals surface area contributed by atoms with Crippen molar-refractivity contribution in [2.24, 2.45) is 0 Å². The summed E-state index contributed by atoms with van der Waals surface area (Å²) in [6, 6.07) is 20.7. The van der Waals surface area contributed by atoms with E-state index in [1.54, 1.807) is 6.20 Å². The van der Waals surface area contributed by atoms with Gasteiger partial charge in [0.2, 0.25) is 11.8 Å². The number of benzene rings is 2. The van der Waals surface area contributed by atoms with Crippen LogP contribution in [0.3, 0.4) is 0 Å². The first-order valence-corrected chi connectivity index (χ1v) is 16.8. The van der Waals surface area contributed by atoms with Crippen molar-refractivity contribution in [1.29, 1.82) is 0 Å². The van der Waals surface area contributed by atoms with Gasteiger partial charge in [0.1, 0.15) is 24.3 Å². The first-order valence-electron chi connectivity index (χ1n) is 13.0. The number of pyridine rings is 1. The van der Waals surface area contributed by atoms with Gasteiger partial charge in [0.25, 0.3) is 0 Å². The van der Waals surface area contributed by atoms with Crippen molar-refractivity contribution in [1.82, 2.24) is 20.1 Å². The Morgan fingerprint density at radius 3 is 2.61 bits per heavy atom. The molecule has 9 heteroatoms. The molecule has 2 aromatic carbocycles. The average Bonchev–Trinajstić information content (AvgIpc) is 3.36. The Labute approximate surface area is 223 Å². The molecule has 1 fully saturated rings. The first-order chi connectivity index (χ1) is 18.3. The Morgan fingerprint density at radius 1 is 1.03 bits per heavy atom. The molecule has 0 radical (unpaired) electrons. The molecule has 1 saturated heterocycles. The van der Waals surface area contributed by atoms with Crippen LogP contribution in [0.1, 0.15) is 12.8 Å². The van der Waals surface area contributed by atoms with Crippen molar-refractivity contribution in [3.63, 3.8) is 0 Å². The van der Waals surface area contributed by atoms with Gasteiger partial charge in [-0.1, -0.05) is 19.6 Å². The molecule has 0 spiro atoms. The smallest absolute Gasteiger partial charge is 0.220 e. The summed E-state index contributed by atoms with van der Waals surface area (Å²) in [6.45, 7) is 8.76. The van der Waals surface area contributed by atoms with Crippen LogP contribution in [0.15, 0.2) is 66.9 Å². The number of aromatic nitrogens is 3. The second kappa shape index (κ2) is 11.4. The lowest BCUT2D eigenvalue weighted by Gasteiger charge is -2.23. The standard InChI is InChI=1S/C29H34N4O4Si/c1-38(2,3)17-16-35-20-33-27(14-15-31-33)21-4-7-23(8-5-21)36-24-9-11-26-22(18-24)6-13-29(32-26)37-25-10-12-28(34)30-19-25/h4-9,11,13-15,18,25H,10,12,16-17,19-20H2,1-3H3,(H,30,34). The fourth-order valence-electron chi connectivity index (χ4n) is 4.24. The quantitative estimate of drug-likeness (QED) is 0.204. The lowest BCUT2D eigenvalue weighted by molar-refractivity contribution is -0.123. The maximum absolute atomic E-state index is 11.4. The van der Waals surface area contributed by atoms with Crippen LogP contribution in [0.25, 0.3) is 22.2 Å². The van der Waals surface area contributed by atoms with Gasteiger partial charge < -0.3 is 19.5 Å². The van der Waals surface area contributed by atoms with E-state index < -0.39 is 8.07 Å². The highest BCUT2D eigenvalue weighted by Crippen LogP contribution is 2.29. The summed E-state index contributed by atoms with van der Waals surface area (Å²) in [5.74, 6) is 2.11. The molecule has 3 heterocycles. The molecule has 0 saturated carbocycles. The van der Waals surface area contributed by atoms with Crippen molar-refractivity contribution >= 4 is 24.9 Å². The zero-order chi connectivity index (χ0) is 26.5. The van der Waals surface area contributed by atoms with Crippen LogP contribution in [-0.2, 0) is 16.3 Å². The maximum Gasteiger partial charge on any atom is 0.220 e. The number of piperidine rings is 1. The molecule has 2 aromatic heterocycles. The summed E-state index contributed by atoms with van der Waals surface area (Å²) in [5.41, 5.74) is 2.89. The van der Waals surface area contributed by atoms with Crippen molar-refractivity contribution in [3.05, 3.63) is 66.9 Å². The van der Waals surface area contributed by atoms with E-state index in [1.807, 2.05) is 65.3 Å². The van der Waals surface area contributed by atoms with E-state index in [-0.39, 0.29) is 12.0 Å². The zero-order valence-corrected chi connectivity index (χ0v) is 23.1. The zero-order valence-electron chi connectivity index (χ0n) is 22.1. The monoisotopic (exact) mass is 530 g/mol. The second-order valence-corrected chi connectivity index (χ2v) is 16.4. The summed E-state index contributed by atoms with van der Waals surface area (Å²) in [7, 11) is -1.11. The van der Waals surface area contributed by atoms with E-state index in [0.717, 1.165) is 46.3 Å². The van der Waals surface area contributed by atoms with Gasteiger partial charge in [0.15, 0.2) is 0 Å². The van der Waals surface area contributed by atoms with Gasteiger partial charge in [-0.15, -0.1) is 0 Å². The summed E-state index contributed by atoms with van der Waals surface area (Å²) in [5, 5.41) is 8.22.